The molecule has 6 nitrogen and oxygen atoms in total. The molecule has 0 saturated carbocycles. The monoisotopic (exact) mass is 319 g/mol. The Labute approximate surface area is 131 Å². The van der Waals surface area contributed by atoms with Crippen LogP contribution in [0.4, 0.5) is 9.52 Å². The summed E-state index contributed by atoms with van der Waals surface area (Å²) in [5.41, 5.74) is 0.163. The third-order valence-corrected chi connectivity index (χ3v) is 3.65. The summed E-state index contributed by atoms with van der Waals surface area (Å²) in [6, 6.07) is 5.28. The molecule has 1 amide bonds. The minimum absolute atomic E-state index is 0.0709. The van der Waals surface area contributed by atoms with Gasteiger partial charge in [-0.1, -0.05) is 11.3 Å². The van der Waals surface area contributed by atoms with Crippen LogP contribution in [-0.2, 0) is 6.42 Å². The number of hydrogen-bond donors (Lipinski definition) is 1. The van der Waals surface area contributed by atoms with Crippen molar-refractivity contribution in [1.29, 1.82) is 5.26 Å². The maximum absolute atomic E-state index is 13.3. The zero-order valence-electron chi connectivity index (χ0n) is 12.1. The predicted octanol–water partition coefficient (Wildman–Crippen LogP) is 1.91. The Morgan fingerprint density at radius 2 is 2.18 bits per heavy atom. The smallest absolute Gasteiger partial charge is 0.257 e. The van der Waals surface area contributed by atoms with Crippen LogP contribution in [0.5, 0.6) is 0 Å². The van der Waals surface area contributed by atoms with E-state index in [0.29, 0.717) is 5.13 Å². The van der Waals surface area contributed by atoms with E-state index in [4.69, 9.17) is 5.26 Å². The van der Waals surface area contributed by atoms with E-state index in [-0.39, 0.29) is 11.1 Å². The van der Waals surface area contributed by atoms with Gasteiger partial charge in [-0.2, -0.15) is 5.26 Å². The lowest BCUT2D eigenvalue weighted by Crippen LogP contribution is -2.14. The first-order chi connectivity index (χ1) is 10.5. The summed E-state index contributed by atoms with van der Waals surface area (Å²) >= 11 is 1.27. The van der Waals surface area contributed by atoms with Crippen molar-refractivity contribution in [2.24, 2.45) is 0 Å². The zero-order chi connectivity index (χ0) is 16.1. The maximum Gasteiger partial charge on any atom is 0.257 e. The summed E-state index contributed by atoms with van der Waals surface area (Å²) in [6.07, 6.45) is 0.735. The molecule has 0 fully saturated rings. The second-order valence-electron chi connectivity index (χ2n) is 4.85. The molecule has 1 aromatic heterocycles. The van der Waals surface area contributed by atoms with Crippen LogP contribution in [-0.4, -0.2) is 41.6 Å². The van der Waals surface area contributed by atoms with Crippen LogP contribution >= 0.6 is 11.3 Å². The topological polar surface area (TPSA) is 81.9 Å². The van der Waals surface area contributed by atoms with E-state index in [9.17, 15) is 9.18 Å². The van der Waals surface area contributed by atoms with E-state index in [1.165, 1.54) is 17.4 Å². The maximum atomic E-state index is 13.3. The molecule has 1 N–H and O–H groups in total. The number of anilines is 1. The fourth-order valence-corrected chi connectivity index (χ4v) is 2.40. The average Bonchev–Trinajstić information content (AvgIpc) is 2.92. The highest BCUT2D eigenvalue weighted by Gasteiger charge is 2.12. The molecule has 0 unspecified atom stereocenters. The molecule has 2 aromatic rings. The average molecular weight is 319 g/mol. The van der Waals surface area contributed by atoms with E-state index in [0.717, 1.165) is 30.1 Å². The lowest BCUT2D eigenvalue weighted by molar-refractivity contribution is 0.102. The number of nitriles is 1. The Balaban J connectivity index is 2.06. The quantitative estimate of drug-likeness (QED) is 0.910. The summed E-state index contributed by atoms with van der Waals surface area (Å²) in [5, 5.41) is 20.4. The molecule has 0 aliphatic carbocycles. The van der Waals surface area contributed by atoms with E-state index >= 15 is 0 Å². The lowest BCUT2D eigenvalue weighted by atomic mass is 10.1. The molecule has 0 saturated heterocycles. The third kappa shape index (κ3) is 4.31. The number of likely N-dealkylation sites (N-methyl/N-ethyl adjacent to an activating group) is 1. The zero-order valence-corrected chi connectivity index (χ0v) is 12.9. The third-order valence-electron chi connectivity index (χ3n) is 2.75. The second kappa shape index (κ2) is 7.06. The molecule has 22 heavy (non-hydrogen) atoms. The lowest BCUT2D eigenvalue weighted by Gasteiger charge is -2.05. The van der Waals surface area contributed by atoms with Crippen LogP contribution in [0.2, 0.25) is 0 Å². The normalized spacial score (nSPS) is 10.5. The van der Waals surface area contributed by atoms with Gasteiger partial charge in [0.2, 0.25) is 5.13 Å². The molecular weight excluding hydrogens is 305 g/mol. The molecular formula is C14H14FN5OS. The number of halogens is 1. The number of carbonyl (C=O) groups is 1. The summed E-state index contributed by atoms with van der Waals surface area (Å²) in [6.45, 7) is 0.831. The number of amides is 1. The van der Waals surface area contributed by atoms with Gasteiger partial charge < -0.3 is 4.90 Å². The first-order valence-electron chi connectivity index (χ1n) is 6.47. The van der Waals surface area contributed by atoms with E-state index in [2.05, 4.69) is 15.5 Å². The molecule has 0 aliphatic rings. The highest BCUT2D eigenvalue weighted by Crippen LogP contribution is 2.17. The van der Waals surface area contributed by atoms with Crippen molar-refractivity contribution in [3.05, 3.63) is 40.2 Å². The Bertz CT molecular complexity index is 722. The summed E-state index contributed by atoms with van der Waals surface area (Å²) in [7, 11) is 3.92. The Morgan fingerprint density at radius 1 is 1.41 bits per heavy atom. The van der Waals surface area contributed by atoms with Crippen LogP contribution in [0.15, 0.2) is 18.2 Å². The molecule has 0 atom stereocenters. The summed E-state index contributed by atoms with van der Waals surface area (Å²) < 4.78 is 13.3. The van der Waals surface area contributed by atoms with Gasteiger partial charge in [0.05, 0.1) is 11.6 Å². The van der Waals surface area contributed by atoms with Crippen molar-refractivity contribution in [3.8, 4) is 6.07 Å². The number of rotatable bonds is 5. The second-order valence-corrected chi connectivity index (χ2v) is 5.91. The van der Waals surface area contributed by atoms with Gasteiger partial charge in [0.15, 0.2) is 0 Å². The highest BCUT2D eigenvalue weighted by molar-refractivity contribution is 7.15. The number of aromatic nitrogens is 2. The molecule has 0 aliphatic heterocycles. The molecule has 2 rings (SSSR count). The SMILES string of the molecule is CN(C)CCc1nnc(NC(=O)c2cc(F)cc(C#N)c2)s1. The molecule has 0 spiro atoms. The van der Waals surface area contributed by atoms with Crippen molar-refractivity contribution in [3.63, 3.8) is 0 Å². The fraction of sp³-hybridized carbons (Fsp3) is 0.286. The van der Waals surface area contributed by atoms with Crippen LogP contribution in [0, 0.1) is 17.1 Å². The number of carbonyl (C=O) groups excluding carboxylic acids is 1. The van der Waals surface area contributed by atoms with Crippen LogP contribution < -0.4 is 5.32 Å². The van der Waals surface area contributed by atoms with Crippen LogP contribution in [0.1, 0.15) is 20.9 Å². The van der Waals surface area contributed by atoms with Crippen LogP contribution in [0.25, 0.3) is 0 Å². The standard InChI is InChI=1S/C14H14FN5OS/c1-20(2)4-3-12-18-19-14(22-12)17-13(21)10-5-9(8-16)6-11(15)7-10/h5-7H,3-4H2,1-2H3,(H,17,19,21). The van der Waals surface area contributed by atoms with Gasteiger partial charge in [0.1, 0.15) is 10.8 Å². The van der Waals surface area contributed by atoms with Crippen molar-refractivity contribution < 1.29 is 9.18 Å². The number of benzene rings is 1. The molecule has 114 valence electrons. The van der Waals surface area contributed by atoms with E-state index in [1.807, 2.05) is 25.1 Å². The molecule has 0 bridgehead atoms. The van der Waals surface area contributed by atoms with Gasteiger partial charge in [0, 0.05) is 18.5 Å². The van der Waals surface area contributed by atoms with Crippen molar-refractivity contribution in [2.45, 2.75) is 6.42 Å². The van der Waals surface area contributed by atoms with Gasteiger partial charge >= 0.3 is 0 Å². The van der Waals surface area contributed by atoms with Gasteiger partial charge in [-0.05, 0) is 32.3 Å². The van der Waals surface area contributed by atoms with Crippen molar-refractivity contribution in [1.82, 2.24) is 15.1 Å². The van der Waals surface area contributed by atoms with Crippen molar-refractivity contribution >= 4 is 22.4 Å². The summed E-state index contributed by atoms with van der Waals surface area (Å²) in [4.78, 5) is 14.1. The predicted molar refractivity (Wildman–Crippen MR) is 81.2 cm³/mol. The summed E-state index contributed by atoms with van der Waals surface area (Å²) in [5.74, 6) is -1.15. The van der Waals surface area contributed by atoms with Crippen molar-refractivity contribution in [2.75, 3.05) is 26.0 Å². The van der Waals surface area contributed by atoms with Crippen LogP contribution in [0.3, 0.4) is 0 Å². The van der Waals surface area contributed by atoms with Gasteiger partial charge in [-0.15, -0.1) is 10.2 Å². The van der Waals surface area contributed by atoms with Gasteiger partial charge in [-0.25, -0.2) is 4.39 Å². The van der Waals surface area contributed by atoms with E-state index < -0.39 is 11.7 Å². The largest absolute Gasteiger partial charge is 0.309 e. The molecule has 0 radical (unpaired) electrons. The van der Waals surface area contributed by atoms with Gasteiger partial charge in [-0.3, -0.25) is 10.1 Å². The molecule has 1 aromatic carbocycles. The minimum Gasteiger partial charge on any atom is -0.309 e. The number of nitrogens with zero attached hydrogens (tertiary/aromatic N) is 4. The number of hydrogen-bond acceptors (Lipinski definition) is 6. The minimum atomic E-state index is -0.631. The number of nitrogens with one attached hydrogen (secondary N) is 1. The Kier molecular flexibility index (Phi) is 5.14. The highest BCUT2D eigenvalue weighted by atomic mass is 32.1. The fourth-order valence-electron chi connectivity index (χ4n) is 1.68. The molecule has 8 heteroatoms. The van der Waals surface area contributed by atoms with Gasteiger partial charge in [0.25, 0.3) is 5.91 Å². The first-order valence-corrected chi connectivity index (χ1v) is 7.28. The first kappa shape index (κ1) is 16.0. The molecule has 1 heterocycles. The Morgan fingerprint density at radius 3 is 2.86 bits per heavy atom. The Hall–Kier alpha value is -2.37. The van der Waals surface area contributed by atoms with E-state index in [1.54, 1.807) is 0 Å².